The van der Waals surface area contributed by atoms with E-state index in [2.05, 4.69) is 4.90 Å². The normalized spacial score (nSPS) is 16.1. The molecule has 5 heteroatoms. The Bertz CT molecular complexity index is 211. The van der Waals surface area contributed by atoms with Crippen molar-refractivity contribution in [3.05, 3.63) is 10.1 Å². The highest BCUT2D eigenvalue weighted by Crippen LogP contribution is 2.14. The van der Waals surface area contributed by atoms with Crippen LogP contribution >= 0.6 is 0 Å². The van der Waals surface area contributed by atoms with Gasteiger partial charge < -0.3 is 5.73 Å². The quantitative estimate of drug-likeness (QED) is 0.534. The Morgan fingerprint density at radius 1 is 1.33 bits per heavy atom. The van der Waals surface area contributed by atoms with Crippen LogP contribution in [0.5, 0.6) is 0 Å². The molecule has 1 atom stereocenters. The van der Waals surface area contributed by atoms with Crippen molar-refractivity contribution in [1.29, 1.82) is 0 Å². The van der Waals surface area contributed by atoms with E-state index in [0.29, 0.717) is 6.54 Å². The van der Waals surface area contributed by atoms with Gasteiger partial charge in [0.15, 0.2) is 0 Å². The number of nitro groups is 1. The highest BCUT2D eigenvalue weighted by atomic mass is 16.6. The van der Waals surface area contributed by atoms with E-state index in [1.165, 1.54) is 0 Å². The minimum Gasteiger partial charge on any atom is -0.324 e. The molecule has 0 rings (SSSR count). The lowest BCUT2D eigenvalue weighted by atomic mass is 10.0. The van der Waals surface area contributed by atoms with Gasteiger partial charge in [-0.2, -0.15) is 0 Å². The van der Waals surface area contributed by atoms with Crippen LogP contribution in [0.1, 0.15) is 34.6 Å². The van der Waals surface area contributed by atoms with Crippen LogP contribution in [0.25, 0.3) is 0 Å². The zero-order valence-corrected chi connectivity index (χ0v) is 10.4. The fraction of sp³-hybridized carbons (Fsp3) is 1.00. The van der Waals surface area contributed by atoms with Crippen molar-refractivity contribution in [3.8, 4) is 0 Å². The van der Waals surface area contributed by atoms with Crippen molar-refractivity contribution in [2.45, 2.75) is 52.2 Å². The molecule has 0 aromatic heterocycles. The molecular weight excluding hydrogens is 194 g/mol. The largest absolute Gasteiger partial charge is 0.324 e. The van der Waals surface area contributed by atoms with Crippen molar-refractivity contribution in [3.63, 3.8) is 0 Å². The van der Waals surface area contributed by atoms with Crippen LogP contribution in [-0.4, -0.2) is 40.5 Å². The maximum Gasteiger partial charge on any atom is 0.243 e. The summed E-state index contributed by atoms with van der Waals surface area (Å²) in [7, 11) is 0. The summed E-state index contributed by atoms with van der Waals surface area (Å²) in [6, 6.07) is 0.576. The van der Waals surface area contributed by atoms with Gasteiger partial charge in [-0.3, -0.25) is 15.0 Å². The first kappa shape index (κ1) is 14.3. The summed E-state index contributed by atoms with van der Waals surface area (Å²) in [5.41, 5.74) is 4.44. The Kier molecular flexibility index (Phi) is 5.17. The molecule has 0 aliphatic rings. The summed E-state index contributed by atoms with van der Waals surface area (Å²) in [4.78, 5) is 12.8. The number of rotatable bonds is 6. The van der Waals surface area contributed by atoms with Gasteiger partial charge in [-0.1, -0.05) is 0 Å². The molecule has 2 N–H and O–H groups in total. The minimum absolute atomic E-state index is 0.0654. The summed E-state index contributed by atoms with van der Waals surface area (Å²) in [6.45, 7) is 10.2. The Morgan fingerprint density at radius 2 is 1.73 bits per heavy atom. The summed E-state index contributed by atoms with van der Waals surface area (Å²) in [5.74, 6) is 0. The summed E-state index contributed by atoms with van der Waals surface area (Å²) < 4.78 is 0. The van der Waals surface area contributed by atoms with Crippen molar-refractivity contribution in [2.75, 3.05) is 13.1 Å². The average molecular weight is 217 g/mol. The maximum atomic E-state index is 10.9. The molecule has 0 spiro atoms. The minimum atomic E-state index is -1.05. The van der Waals surface area contributed by atoms with Gasteiger partial charge in [0.2, 0.25) is 5.54 Å². The van der Waals surface area contributed by atoms with E-state index in [1.807, 2.05) is 27.7 Å². The third-order valence-corrected chi connectivity index (χ3v) is 2.73. The summed E-state index contributed by atoms with van der Waals surface area (Å²) in [6.07, 6.45) is 0. The van der Waals surface area contributed by atoms with Gasteiger partial charge >= 0.3 is 0 Å². The van der Waals surface area contributed by atoms with E-state index < -0.39 is 5.54 Å². The monoisotopic (exact) mass is 217 g/mol. The Hall–Kier alpha value is -0.680. The molecule has 15 heavy (non-hydrogen) atoms. The number of nitrogens with two attached hydrogens (primary N) is 1. The van der Waals surface area contributed by atoms with E-state index in [-0.39, 0.29) is 23.6 Å². The molecule has 90 valence electrons. The molecule has 0 amide bonds. The van der Waals surface area contributed by atoms with Crippen LogP contribution in [0.4, 0.5) is 0 Å². The van der Waals surface area contributed by atoms with Crippen molar-refractivity contribution in [1.82, 2.24) is 4.90 Å². The second-order valence-electron chi connectivity index (χ2n) is 4.82. The fourth-order valence-electron chi connectivity index (χ4n) is 1.55. The van der Waals surface area contributed by atoms with E-state index in [1.54, 1.807) is 6.92 Å². The molecule has 0 fully saturated rings. The molecule has 5 nitrogen and oxygen atoms in total. The predicted molar refractivity (Wildman–Crippen MR) is 61.4 cm³/mol. The summed E-state index contributed by atoms with van der Waals surface area (Å²) in [5, 5.41) is 10.9. The van der Waals surface area contributed by atoms with Gasteiger partial charge in [-0.05, 0) is 27.7 Å². The number of hydrogen-bond acceptors (Lipinski definition) is 4. The van der Waals surface area contributed by atoms with E-state index >= 15 is 0 Å². The molecule has 0 saturated heterocycles. The van der Waals surface area contributed by atoms with Crippen LogP contribution in [0.2, 0.25) is 0 Å². The second-order valence-corrected chi connectivity index (χ2v) is 4.82. The Labute approximate surface area is 91.8 Å². The topological polar surface area (TPSA) is 72.4 Å². The first-order chi connectivity index (χ1) is 6.74. The van der Waals surface area contributed by atoms with Crippen LogP contribution in [0, 0.1) is 10.1 Å². The average Bonchev–Trinajstić information content (AvgIpc) is 2.12. The number of hydrogen-bond donors (Lipinski definition) is 1. The molecular formula is C10H23N3O2. The third-order valence-electron chi connectivity index (χ3n) is 2.73. The maximum absolute atomic E-state index is 10.9. The van der Waals surface area contributed by atoms with Gasteiger partial charge in [0.1, 0.15) is 0 Å². The number of nitrogens with zero attached hydrogens (tertiary/aromatic N) is 2. The lowest BCUT2D eigenvalue weighted by Crippen LogP contribution is -2.54. The summed E-state index contributed by atoms with van der Waals surface area (Å²) >= 11 is 0. The van der Waals surface area contributed by atoms with Crippen LogP contribution in [0.15, 0.2) is 0 Å². The molecule has 0 bridgehead atoms. The van der Waals surface area contributed by atoms with Gasteiger partial charge in [-0.25, -0.2) is 0 Å². The van der Waals surface area contributed by atoms with Crippen molar-refractivity contribution >= 4 is 0 Å². The molecule has 0 aromatic carbocycles. The van der Waals surface area contributed by atoms with Crippen molar-refractivity contribution in [2.24, 2.45) is 5.73 Å². The molecule has 0 aromatic rings. The van der Waals surface area contributed by atoms with Crippen LogP contribution < -0.4 is 5.73 Å². The second kappa shape index (κ2) is 5.42. The zero-order valence-electron chi connectivity index (χ0n) is 10.4. The first-order valence-corrected chi connectivity index (χ1v) is 5.35. The molecule has 0 aliphatic heterocycles. The third kappa shape index (κ3) is 3.76. The molecule has 1 unspecified atom stereocenters. The standard InChI is InChI=1S/C10H23N3O2/c1-8(2)12(9(3)4)7-10(5,6-11)13(14)15/h8-9H,6-7,11H2,1-5H3. The molecule has 0 radical (unpaired) electrons. The van der Waals surface area contributed by atoms with Gasteiger partial charge in [0, 0.05) is 23.9 Å². The smallest absolute Gasteiger partial charge is 0.243 e. The lowest BCUT2D eigenvalue weighted by Gasteiger charge is -2.34. The highest BCUT2D eigenvalue weighted by Gasteiger charge is 2.38. The Balaban J connectivity index is 4.70. The molecule has 0 aliphatic carbocycles. The lowest BCUT2D eigenvalue weighted by molar-refractivity contribution is -0.563. The fourth-order valence-corrected chi connectivity index (χ4v) is 1.55. The SMILES string of the molecule is CC(C)N(CC(C)(CN)[N+](=O)[O-])C(C)C. The van der Waals surface area contributed by atoms with Gasteiger partial charge in [0.25, 0.3) is 0 Å². The van der Waals surface area contributed by atoms with Crippen LogP contribution in [0.3, 0.4) is 0 Å². The first-order valence-electron chi connectivity index (χ1n) is 5.35. The molecule has 0 saturated carbocycles. The van der Waals surface area contributed by atoms with E-state index in [0.717, 1.165) is 0 Å². The highest BCUT2D eigenvalue weighted by molar-refractivity contribution is 4.82. The van der Waals surface area contributed by atoms with E-state index in [4.69, 9.17) is 5.73 Å². The van der Waals surface area contributed by atoms with Crippen LogP contribution in [-0.2, 0) is 0 Å². The van der Waals surface area contributed by atoms with E-state index in [9.17, 15) is 10.1 Å². The zero-order chi connectivity index (χ0) is 12.2. The van der Waals surface area contributed by atoms with Gasteiger partial charge in [0.05, 0.1) is 13.1 Å². The van der Waals surface area contributed by atoms with Gasteiger partial charge in [-0.15, -0.1) is 0 Å². The van der Waals surface area contributed by atoms with Crippen molar-refractivity contribution < 1.29 is 4.92 Å². The molecule has 0 heterocycles. The predicted octanol–water partition coefficient (Wildman–Crippen LogP) is 1.10. The Morgan fingerprint density at radius 3 is 1.93 bits per heavy atom.